The Labute approximate surface area is 321 Å². The zero-order valence-corrected chi connectivity index (χ0v) is 34.2. The fourth-order valence-electron chi connectivity index (χ4n) is 9.68. The van der Waals surface area contributed by atoms with E-state index < -0.39 is 0 Å². The van der Waals surface area contributed by atoms with Gasteiger partial charge in [0.25, 0.3) is 0 Å². The molecule has 54 heavy (non-hydrogen) atoms. The molecule has 2 nitrogen and oxygen atoms in total. The average molecular weight is 708 g/mol. The number of hydrogen-bond acceptors (Lipinski definition) is 2. The zero-order valence-electron chi connectivity index (χ0n) is 34.2. The summed E-state index contributed by atoms with van der Waals surface area (Å²) in [6.07, 6.45) is 0. The number of hydrogen-bond donors (Lipinski definition) is 0. The van der Waals surface area contributed by atoms with Crippen molar-refractivity contribution < 1.29 is 4.42 Å². The van der Waals surface area contributed by atoms with Crippen LogP contribution in [0.15, 0.2) is 108 Å². The molecule has 6 aromatic carbocycles. The van der Waals surface area contributed by atoms with Crippen molar-refractivity contribution >= 4 is 39.0 Å². The lowest BCUT2D eigenvalue weighted by molar-refractivity contribution is 0.559. The van der Waals surface area contributed by atoms with Crippen LogP contribution >= 0.6 is 0 Å². The number of fused-ring (bicyclic) bond motifs is 9. The molecule has 0 saturated heterocycles. The molecule has 2 aliphatic rings. The third-order valence-corrected chi connectivity index (χ3v) is 12.7. The molecule has 0 spiro atoms. The van der Waals surface area contributed by atoms with Gasteiger partial charge < -0.3 is 9.32 Å². The molecule has 9 rings (SSSR count). The highest BCUT2D eigenvalue weighted by atomic mass is 16.3. The fourth-order valence-corrected chi connectivity index (χ4v) is 9.68. The highest BCUT2D eigenvalue weighted by Crippen LogP contribution is 2.55. The monoisotopic (exact) mass is 707 g/mol. The number of nitrogens with zero attached hydrogens (tertiary/aromatic N) is 1. The van der Waals surface area contributed by atoms with Crippen LogP contribution in [0.1, 0.15) is 114 Å². The Kier molecular flexibility index (Phi) is 7.21. The molecule has 0 unspecified atom stereocenters. The summed E-state index contributed by atoms with van der Waals surface area (Å²) in [4.78, 5) is 2.46. The van der Waals surface area contributed by atoms with Gasteiger partial charge >= 0.3 is 0 Å². The maximum absolute atomic E-state index is 7.19. The van der Waals surface area contributed by atoms with Gasteiger partial charge in [0.2, 0.25) is 0 Å². The topological polar surface area (TPSA) is 16.4 Å². The van der Waals surface area contributed by atoms with E-state index in [9.17, 15) is 0 Å². The fraction of sp³-hybridized carbons (Fsp3) is 0.308. The third-order valence-electron chi connectivity index (χ3n) is 12.7. The third kappa shape index (κ3) is 4.91. The smallest absolute Gasteiger partial charge is 0.159 e. The van der Waals surface area contributed by atoms with Crippen LogP contribution in [0.4, 0.5) is 17.1 Å². The summed E-state index contributed by atoms with van der Waals surface area (Å²) in [5.41, 5.74) is 21.0. The van der Waals surface area contributed by atoms with Crippen molar-refractivity contribution in [2.45, 2.75) is 105 Å². The van der Waals surface area contributed by atoms with Crippen LogP contribution < -0.4 is 4.90 Å². The van der Waals surface area contributed by atoms with E-state index in [1.54, 1.807) is 0 Å². The van der Waals surface area contributed by atoms with E-state index in [2.05, 4.69) is 191 Å². The summed E-state index contributed by atoms with van der Waals surface area (Å²) in [5.74, 6) is 0. The van der Waals surface area contributed by atoms with Crippen LogP contribution in [0.25, 0.3) is 44.2 Å². The van der Waals surface area contributed by atoms with Crippen LogP contribution in [-0.2, 0) is 21.7 Å². The van der Waals surface area contributed by atoms with Gasteiger partial charge in [0.05, 0.1) is 5.69 Å². The molecule has 0 radical (unpaired) electrons. The van der Waals surface area contributed by atoms with Crippen LogP contribution in [0.5, 0.6) is 0 Å². The van der Waals surface area contributed by atoms with Gasteiger partial charge in [0.1, 0.15) is 5.58 Å². The predicted molar refractivity (Wildman–Crippen MR) is 230 cm³/mol. The average Bonchev–Trinajstić information content (AvgIpc) is 3.67. The quantitative estimate of drug-likeness (QED) is 0.182. The largest absolute Gasteiger partial charge is 0.454 e. The van der Waals surface area contributed by atoms with E-state index in [1.807, 2.05) is 0 Å². The SMILES string of the molecule is Cc1cc(C)c2c(c1)C(C)(C)c1cc(N(c3ccc4c(c3)C(C)(C)c3ccccc3-4)c3cccc4c3oc3c(C(C)(C)C)cc(C(C)(C)C)cc34)ccc1-2. The Morgan fingerprint density at radius 1 is 0.519 bits per heavy atom. The second kappa shape index (κ2) is 11.2. The van der Waals surface area contributed by atoms with E-state index in [0.717, 1.165) is 33.6 Å². The van der Waals surface area contributed by atoms with E-state index in [4.69, 9.17) is 4.42 Å². The molecule has 7 aromatic rings. The standard InChI is InChI=1S/C52H53NO/c1-30-24-31(2)46-38-23-21-34(29-42(38)52(11,12)43(46)25-30)53(33-20-22-36-35-16-13-14-18-40(35)51(9,10)41(36)28-33)45-19-15-17-37-39-26-32(49(3,4)5)27-44(50(6,7)8)47(39)54-48(37)45/h13-29H,1-12H3. The van der Waals surface area contributed by atoms with Gasteiger partial charge in [-0.2, -0.15) is 0 Å². The van der Waals surface area contributed by atoms with Crippen LogP contribution in [-0.4, -0.2) is 0 Å². The minimum absolute atomic E-state index is 0.00190. The number of furan rings is 1. The summed E-state index contributed by atoms with van der Waals surface area (Å²) in [5, 5.41) is 2.34. The Morgan fingerprint density at radius 3 is 1.83 bits per heavy atom. The number of anilines is 3. The lowest BCUT2D eigenvalue weighted by Crippen LogP contribution is -2.18. The van der Waals surface area contributed by atoms with Crippen molar-refractivity contribution in [3.05, 3.63) is 148 Å². The minimum atomic E-state index is -0.138. The molecule has 0 amide bonds. The highest BCUT2D eigenvalue weighted by Gasteiger charge is 2.39. The summed E-state index contributed by atoms with van der Waals surface area (Å²) in [7, 11) is 0. The molecule has 0 bridgehead atoms. The maximum atomic E-state index is 7.19. The normalized spacial score (nSPS) is 15.3. The highest BCUT2D eigenvalue weighted by molar-refractivity contribution is 6.11. The molecule has 0 atom stereocenters. The summed E-state index contributed by atoms with van der Waals surface area (Å²) < 4.78 is 7.19. The lowest BCUT2D eigenvalue weighted by Gasteiger charge is -2.29. The first-order valence-corrected chi connectivity index (χ1v) is 19.7. The molecule has 2 heteroatoms. The van der Waals surface area contributed by atoms with Gasteiger partial charge in [-0.1, -0.05) is 142 Å². The molecule has 0 N–H and O–H groups in total. The van der Waals surface area contributed by atoms with Crippen LogP contribution in [0, 0.1) is 13.8 Å². The van der Waals surface area contributed by atoms with Gasteiger partial charge in [-0.05, 0) is 117 Å². The first-order chi connectivity index (χ1) is 25.4. The Balaban J connectivity index is 1.33. The number of rotatable bonds is 3. The second-order valence-corrected chi connectivity index (χ2v) is 19.3. The van der Waals surface area contributed by atoms with E-state index in [0.29, 0.717) is 0 Å². The summed E-state index contributed by atoms with van der Waals surface area (Å²) in [6, 6.07) is 39.4. The second-order valence-electron chi connectivity index (χ2n) is 19.3. The van der Waals surface area contributed by atoms with E-state index >= 15 is 0 Å². The van der Waals surface area contributed by atoms with Gasteiger partial charge in [-0.15, -0.1) is 0 Å². The van der Waals surface area contributed by atoms with Crippen molar-refractivity contribution in [3.63, 3.8) is 0 Å². The first kappa shape index (κ1) is 34.7. The molecular weight excluding hydrogens is 655 g/mol. The van der Waals surface area contributed by atoms with Crippen molar-refractivity contribution in [2.75, 3.05) is 4.90 Å². The number of para-hydroxylation sites is 1. The van der Waals surface area contributed by atoms with Crippen LogP contribution in [0.2, 0.25) is 0 Å². The van der Waals surface area contributed by atoms with Gasteiger partial charge in [-0.3, -0.25) is 0 Å². The number of benzene rings is 6. The Morgan fingerprint density at radius 2 is 1.15 bits per heavy atom. The van der Waals surface area contributed by atoms with Crippen molar-refractivity contribution in [2.24, 2.45) is 0 Å². The molecule has 0 saturated carbocycles. The molecule has 1 aromatic heterocycles. The number of aryl methyl sites for hydroxylation is 2. The summed E-state index contributed by atoms with van der Waals surface area (Å²) in [6.45, 7) is 27.8. The molecule has 0 aliphatic heterocycles. The van der Waals surface area contributed by atoms with Crippen molar-refractivity contribution in [1.82, 2.24) is 0 Å². The maximum Gasteiger partial charge on any atom is 0.159 e. The Bertz CT molecular complexity index is 2700. The van der Waals surface area contributed by atoms with Crippen molar-refractivity contribution in [3.8, 4) is 22.3 Å². The molecular formula is C52H53NO. The Hall–Kier alpha value is -5.08. The predicted octanol–water partition coefficient (Wildman–Crippen LogP) is 14.9. The van der Waals surface area contributed by atoms with Crippen LogP contribution in [0.3, 0.4) is 0 Å². The molecule has 272 valence electrons. The van der Waals surface area contributed by atoms with E-state index in [1.165, 1.54) is 72.1 Å². The van der Waals surface area contributed by atoms with Gasteiger partial charge in [0.15, 0.2) is 5.58 Å². The van der Waals surface area contributed by atoms with Gasteiger partial charge in [-0.25, -0.2) is 0 Å². The van der Waals surface area contributed by atoms with E-state index in [-0.39, 0.29) is 21.7 Å². The van der Waals surface area contributed by atoms with Gasteiger partial charge in [0, 0.05) is 38.5 Å². The molecule has 2 aliphatic carbocycles. The molecule has 1 heterocycles. The first-order valence-electron chi connectivity index (χ1n) is 19.7. The summed E-state index contributed by atoms with van der Waals surface area (Å²) >= 11 is 0. The lowest BCUT2D eigenvalue weighted by atomic mass is 9.79. The van der Waals surface area contributed by atoms with Crippen molar-refractivity contribution in [1.29, 1.82) is 0 Å². The zero-order chi connectivity index (χ0) is 38.3. The minimum Gasteiger partial charge on any atom is -0.454 e. The molecule has 0 fully saturated rings.